The highest BCUT2D eigenvalue weighted by Gasteiger charge is 2.01. The Hall–Kier alpha value is -1.000. The maximum absolute atomic E-state index is 5.71. The fourth-order valence-corrected chi connectivity index (χ4v) is 2.32. The van der Waals surface area contributed by atoms with E-state index in [0.717, 1.165) is 26.9 Å². The van der Waals surface area contributed by atoms with Crippen LogP contribution in [-0.4, -0.2) is 13.2 Å². The average Bonchev–Trinajstić information content (AvgIpc) is 2.46. The average molecular weight is 386 g/mol. The number of ether oxygens (including phenoxy) is 2. The van der Waals surface area contributed by atoms with Gasteiger partial charge in [0.1, 0.15) is 24.7 Å². The van der Waals surface area contributed by atoms with E-state index < -0.39 is 0 Å². The fraction of sp³-hybridized carbons (Fsp3) is 0.200. The van der Waals surface area contributed by atoms with E-state index in [-0.39, 0.29) is 0 Å². The molecule has 0 spiro atoms. The van der Waals surface area contributed by atoms with Gasteiger partial charge in [0.05, 0.1) is 0 Å². The lowest BCUT2D eigenvalue weighted by Gasteiger charge is -2.10. The molecule has 0 heterocycles. The molecular weight excluding hydrogens is 372 g/mol. The summed E-state index contributed by atoms with van der Waals surface area (Å²) in [5.41, 5.74) is 1.14. The molecule has 0 radical (unpaired) electrons. The van der Waals surface area contributed by atoms with Crippen molar-refractivity contribution in [2.75, 3.05) is 13.2 Å². The zero-order valence-electron chi connectivity index (χ0n) is 10.3. The van der Waals surface area contributed by atoms with Crippen molar-refractivity contribution in [2.24, 2.45) is 0 Å². The maximum atomic E-state index is 5.71. The third-order valence-electron chi connectivity index (χ3n) is 2.54. The molecule has 0 atom stereocenters. The molecule has 0 bridgehead atoms. The zero-order chi connectivity index (χ0) is 13.5. The number of alkyl halides is 1. The number of hydrogen-bond acceptors (Lipinski definition) is 2. The monoisotopic (exact) mass is 384 g/mol. The maximum Gasteiger partial charge on any atom is 0.123 e. The molecular formula is C15H14Br2O2. The first-order valence-corrected chi connectivity index (χ1v) is 7.86. The minimum atomic E-state index is 0.526. The van der Waals surface area contributed by atoms with Gasteiger partial charge in [-0.2, -0.15) is 0 Å². The number of rotatable bonds is 6. The SMILES string of the molecule is BrCc1ccccc1OCCOc1ccc(Br)cc1. The highest BCUT2D eigenvalue weighted by atomic mass is 79.9. The van der Waals surface area contributed by atoms with Gasteiger partial charge >= 0.3 is 0 Å². The van der Waals surface area contributed by atoms with Gasteiger partial charge in [-0.3, -0.25) is 0 Å². The van der Waals surface area contributed by atoms with Gasteiger partial charge < -0.3 is 9.47 Å². The molecule has 0 aliphatic heterocycles. The molecule has 0 saturated heterocycles. The molecule has 0 aliphatic carbocycles. The second-order valence-electron chi connectivity index (χ2n) is 3.89. The van der Waals surface area contributed by atoms with Gasteiger partial charge in [0.25, 0.3) is 0 Å². The minimum absolute atomic E-state index is 0.526. The molecule has 4 heteroatoms. The Morgan fingerprint density at radius 1 is 0.842 bits per heavy atom. The van der Waals surface area contributed by atoms with Crippen molar-refractivity contribution in [2.45, 2.75) is 5.33 Å². The van der Waals surface area contributed by atoms with E-state index in [2.05, 4.69) is 31.9 Å². The van der Waals surface area contributed by atoms with Gasteiger partial charge in [-0.05, 0) is 30.3 Å². The summed E-state index contributed by atoms with van der Waals surface area (Å²) < 4.78 is 12.4. The predicted molar refractivity (Wildman–Crippen MR) is 84.2 cm³/mol. The number of benzene rings is 2. The van der Waals surface area contributed by atoms with Crippen molar-refractivity contribution in [1.82, 2.24) is 0 Å². The third-order valence-corrected chi connectivity index (χ3v) is 3.67. The summed E-state index contributed by atoms with van der Waals surface area (Å²) in [6.07, 6.45) is 0. The first-order chi connectivity index (χ1) is 9.29. The second-order valence-corrected chi connectivity index (χ2v) is 5.37. The zero-order valence-corrected chi connectivity index (χ0v) is 13.5. The molecule has 2 nitrogen and oxygen atoms in total. The number of para-hydroxylation sites is 1. The Labute approximate surface area is 130 Å². The summed E-state index contributed by atoms with van der Waals surface area (Å²) in [6, 6.07) is 15.7. The normalized spacial score (nSPS) is 10.2. The number of hydrogen-bond donors (Lipinski definition) is 0. The molecule has 0 fully saturated rings. The van der Waals surface area contributed by atoms with E-state index in [1.165, 1.54) is 0 Å². The quantitative estimate of drug-likeness (QED) is 0.525. The summed E-state index contributed by atoms with van der Waals surface area (Å²) >= 11 is 6.83. The van der Waals surface area contributed by atoms with E-state index in [1.807, 2.05) is 48.5 Å². The van der Waals surface area contributed by atoms with Crippen molar-refractivity contribution in [1.29, 1.82) is 0 Å². The lowest BCUT2D eigenvalue weighted by molar-refractivity contribution is 0.216. The molecule has 19 heavy (non-hydrogen) atoms. The predicted octanol–water partition coefficient (Wildman–Crippen LogP) is 4.80. The van der Waals surface area contributed by atoms with Crippen LogP contribution in [0.1, 0.15) is 5.56 Å². The van der Waals surface area contributed by atoms with Crippen LogP contribution >= 0.6 is 31.9 Å². The third kappa shape index (κ3) is 4.55. The van der Waals surface area contributed by atoms with Crippen LogP contribution in [0.4, 0.5) is 0 Å². The van der Waals surface area contributed by atoms with Gasteiger partial charge in [0.15, 0.2) is 0 Å². The molecule has 0 unspecified atom stereocenters. The van der Waals surface area contributed by atoms with Crippen LogP contribution in [0.25, 0.3) is 0 Å². The van der Waals surface area contributed by atoms with Gasteiger partial charge in [-0.25, -0.2) is 0 Å². The van der Waals surface area contributed by atoms with Gasteiger partial charge in [0.2, 0.25) is 0 Å². The summed E-state index contributed by atoms with van der Waals surface area (Å²) in [4.78, 5) is 0. The van der Waals surface area contributed by atoms with Crippen molar-refractivity contribution in [3.8, 4) is 11.5 Å². The minimum Gasteiger partial charge on any atom is -0.490 e. The molecule has 0 aliphatic rings. The number of halogens is 2. The first-order valence-electron chi connectivity index (χ1n) is 5.94. The van der Waals surface area contributed by atoms with Crippen molar-refractivity contribution in [3.05, 3.63) is 58.6 Å². The molecule has 0 N–H and O–H groups in total. The Morgan fingerprint density at radius 2 is 1.53 bits per heavy atom. The summed E-state index contributed by atoms with van der Waals surface area (Å²) in [6.45, 7) is 1.05. The Bertz CT molecular complexity index is 512. The van der Waals surface area contributed by atoms with Gasteiger partial charge in [0, 0.05) is 15.4 Å². The standard InChI is InChI=1S/C15H14Br2O2/c16-11-12-3-1-2-4-15(12)19-10-9-18-14-7-5-13(17)6-8-14/h1-8H,9-11H2. The Kier molecular flexibility index (Phi) is 5.73. The molecule has 2 rings (SSSR count). The molecule has 0 saturated carbocycles. The lowest BCUT2D eigenvalue weighted by atomic mass is 10.2. The van der Waals surface area contributed by atoms with E-state index in [9.17, 15) is 0 Å². The lowest BCUT2D eigenvalue weighted by Crippen LogP contribution is -2.09. The van der Waals surface area contributed by atoms with E-state index in [0.29, 0.717) is 13.2 Å². The second kappa shape index (κ2) is 7.56. The van der Waals surface area contributed by atoms with Crippen LogP contribution in [0.3, 0.4) is 0 Å². The van der Waals surface area contributed by atoms with Gasteiger partial charge in [-0.15, -0.1) is 0 Å². The topological polar surface area (TPSA) is 18.5 Å². The molecule has 0 aromatic heterocycles. The highest BCUT2D eigenvalue weighted by Crippen LogP contribution is 2.20. The van der Waals surface area contributed by atoms with E-state index >= 15 is 0 Å². The van der Waals surface area contributed by atoms with Crippen molar-refractivity contribution >= 4 is 31.9 Å². The largest absolute Gasteiger partial charge is 0.490 e. The van der Waals surface area contributed by atoms with E-state index in [4.69, 9.17) is 9.47 Å². The van der Waals surface area contributed by atoms with Crippen LogP contribution < -0.4 is 9.47 Å². The fourth-order valence-electron chi connectivity index (χ4n) is 1.60. The summed E-state index contributed by atoms with van der Waals surface area (Å²) in [5, 5.41) is 0.788. The van der Waals surface area contributed by atoms with Crippen molar-refractivity contribution in [3.63, 3.8) is 0 Å². The summed E-state index contributed by atoms with van der Waals surface area (Å²) in [5.74, 6) is 1.75. The molecule has 2 aromatic carbocycles. The molecule has 2 aromatic rings. The van der Waals surface area contributed by atoms with Gasteiger partial charge in [-0.1, -0.05) is 50.1 Å². The van der Waals surface area contributed by atoms with E-state index in [1.54, 1.807) is 0 Å². The van der Waals surface area contributed by atoms with Crippen molar-refractivity contribution < 1.29 is 9.47 Å². The molecule has 100 valence electrons. The Balaban J connectivity index is 1.79. The smallest absolute Gasteiger partial charge is 0.123 e. The van der Waals surface area contributed by atoms with Crippen LogP contribution in [-0.2, 0) is 5.33 Å². The summed E-state index contributed by atoms with van der Waals surface area (Å²) in [7, 11) is 0. The molecule has 0 amide bonds. The van der Waals surface area contributed by atoms with Crippen LogP contribution in [0.2, 0.25) is 0 Å². The Morgan fingerprint density at radius 3 is 2.26 bits per heavy atom. The highest BCUT2D eigenvalue weighted by molar-refractivity contribution is 9.10. The van der Waals surface area contributed by atoms with Crippen LogP contribution in [0, 0.1) is 0 Å². The van der Waals surface area contributed by atoms with Crippen LogP contribution in [0.5, 0.6) is 11.5 Å². The first kappa shape index (κ1) is 14.4. The van der Waals surface area contributed by atoms with Crippen LogP contribution in [0.15, 0.2) is 53.0 Å².